The van der Waals surface area contributed by atoms with E-state index in [1.807, 2.05) is 26.0 Å². The molecule has 1 aliphatic heterocycles. The number of nitrogens with zero attached hydrogens (tertiary/aromatic N) is 1. The molecule has 0 radical (unpaired) electrons. The number of para-hydroxylation sites is 1. The van der Waals surface area contributed by atoms with E-state index >= 15 is 0 Å². The molecule has 100 valence electrons. The van der Waals surface area contributed by atoms with E-state index in [1.54, 1.807) is 10.6 Å². The Balaban J connectivity index is 2.17. The number of benzene rings is 1. The van der Waals surface area contributed by atoms with Crippen LogP contribution in [0, 0.1) is 0 Å². The van der Waals surface area contributed by atoms with E-state index in [0.717, 1.165) is 11.0 Å². The van der Waals surface area contributed by atoms with E-state index in [1.165, 1.54) is 0 Å². The van der Waals surface area contributed by atoms with Gasteiger partial charge in [-0.25, -0.2) is 4.79 Å². The predicted molar refractivity (Wildman–Crippen MR) is 73.6 cm³/mol. The van der Waals surface area contributed by atoms with Gasteiger partial charge in [0.05, 0.1) is 17.1 Å². The highest BCUT2D eigenvalue weighted by Crippen LogP contribution is 2.22. The zero-order chi connectivity index (χ0) is 13.6. The highest BCUT2D eigenvalue weighted by Gasteiger charge is 2.27. The van der Waals surface area contributed by atoms with Crippen molar-refractivity contribution in [3.05, 3.63) is 34.2 Å². The first-order valence-electron chi connectivity index (χ1n) is 6.59. The summed E-state index contributed by atoms with van der Waals surface area (Å²) in [4.78, 5) is 27.3. The van der Waals surface area contributed by atoms with Crippen LogP contribution in [0.15, 0.2) is 23.0 Å². The maximum Gasteiger partial charge on any atom is 0.326 e. The van der Waals surface area contributed by atoms with E-state index in [0.29, 0.717) is 18.5 Å². The lowest BCUT2D eigenvalue weighted by Gasteiger charge is -2.18. The van der Waals surface area contributed by atoms with Gasteiger partial charge >= 0.3 is 5.69 Å². The monoisotopic (exact) mass is 259 g/mol. The summed E-state index contributed by atoms with van der Waals surface area (Å²) in [6.45, 7) is 4.60. The zero-order valence-corrected chi connectivity index (χ0v) is 11.1. The zero-order valence-electron chi connectivity index (χ0n) is 11.1. The predicted octanol–water partition coefficient (Wildman–Crippen LogP) is 1.28. The van der Waals surface area contributed by atoms with Crippen LogP contribution >= 0.6 is 0 Å². The van der Waals surface area contributed by atoms with E-state index in [2.05, 4.69) is 10.3 Å². The maximum atomic E-state index is 12.6. The van der Waals surface area contributed by atoms with Gasteiger partial charge in [0.2, 0.25) is 0 Å². The summed E-state index contributed by atoms with van der Waals surface area (Å²) in [6.07, 6.45) is 0.637. The molecule has 5 nitrogen and oxygen atoms in total. The van der Waals surface area contributed by atoms with Gasteiger partial charge < -0.3 is 10.3 Å². The van der Waals surface area contributed by atoms with E-state index < -0.39 is 0 Å². The van der Waals surface area contributed by atoms with Crippen LogP contribution in [0.5, 0.6) is 0 Å². The molecule has 1 aromatic carbocycles. The molecule has 1 aromatic heterocycles. The van der Waals surface area contributed by atoms with Crippen molar-refractivity contribution in [1.29, 1.82) is 0 Å². The van der Waals surface area contributed by atoms with Crippen molar-refractivity contribution in [2.45, 2.75) is 38.9 Å². The van der Waals surface area contributed by atoms with E-state index in [4.69, 9.17) is 0 Å². The van der Waals surface area contributed by atoms with Crippen molar-refractivity contribution < 1.29 is 4.79 Å². The molecule has 3 rings (SSSR count). The molecule has 0 spiro atoms. The Morgan fingerprint density at radius 3 is 2.89 bits per heavy atom. The van der Waals surface area contributed by atoms with Crippen LogP contribution in [0.3, 0.4) is 0 Å². The number of Topliss-reactive ketones (excluding diaryl/α,β-unsaturated/α-hetero) is 1. The van der Waals surface area contributed by atoms with Crippen molar-refractivity contribution in [1.82, 2.24) is 14.9 Å². The van der Waals surface area contributed by atoms with Gasteiger partial charge in [0.25, 0.3) is 0 Å². The fraction of sp³-hybridized carbons (Fsp3) is 0.429. The Morgan fingerprint density at radius 2 is 2.16 bits per heavy atom. The average Bonchev–Trinajstić information content (AvgIpc) is 2.61. The first-order chi connectivity index (χ1) is 9.08. The number of ketones is 1. The molecular weight excluding hydrogens is 242 g/mol. The Hall–Kier alpha value is -1.88. The van der Waals surface area contributed by atoms with Crippen LogP contribution in [-0.4, -0.2) is 27.4 Å². The number of H-pyrrole nitrogens is 1. The lowest BCUT2D eigenvalue weighted by Crippen LogP contribution is -2.41. The van der Waals surface area contributed by atoms with Gasteiger partial charge in [-0.15, -0.1) is 0 Å². The molecule has 0 saturated carbocycles. The normalized spacial score (nSPS) is 19.1. The summed E-state index contributed by atoms with van der Waals surface area (Å²) < 4.78 is 1.67. The fourth-order valence-electron chi connectivity index (χ4n) is 2.77. The van der Waals surface area contributed by atoms with Crippen molar-refractivity contribution >= 4 is 16.8 Å². The molecule has 0 bridgehead atoms. The Labute approximate surface area is 110 Å². The van der Waals surface area contributed by atoms with Crippen LogP contribution in [0.2, 0.25) is 0 Å². The lowest BCUT2D eigenvalue weighted by molar-refractivity contribution is 0.0935. The molecule has 2 heterocycles. The van der Waals surface area contributed by atoms with Gasteiger partial charge in [-0.1, -0.05) is 19.9 Å². The number of rotatable bonds is 2. The molecule has 1 unspecified atom stereocenters. The number of imidazole rings is 1. The fourth-order valence-corrected chi connectivity index (χ4v) is 2.77. The minimum Gasteiger partial charge on any atom is -0.306 e. The minimum absolute atomic E-state index is 0.0737. The van der Waals surface area contributed by atoms with Crippen LogP contribution in [0.4, 0.5) is 0 Å². The SMILES string of the molecule is CC(C)NC1CCn2c(=O)[nH]c3cccc(c32)C1=O. The summed E-state index contributed by atoms with van der Waals surface area (Å²) in [7, 11) is 0. The summed E-state index contributed by atoms with van der Waals surface area (Å²) in [6, 6.07) is 5.47. The van der Waals surface area contributed by atoms with Gasteiger partial charge in [-0.05, 0) is 18.6 Å². The number of aromatic nitrogens is 2. The number of carbonyl (C=O) groups is 1. The Bertz CT molecular complexity index is 696. The number of nitrogens with one attached hydrogen (secondary N) is 2. The number of aryl methyl sites for hydroxylation is 1. The summed E-state index contributed by atoms with van der Waals surface area (Å²) in [5.74, 6) is 0.0737. The first-order valence-corrected chi connectivity index (χ1v) is 6.59. The van der Waals surface area contributed by atoms with Crippen LogP contribution in [0.1, 0.15) is 30.6 Å². The third-order valence-electron chi connectivity index (χ3n) is 3.55. The highest BCUT2D eigenvalue weighted by molar-refractivity contribution is 6.09. The second kappa shape index (κ2) is 4.35. The number of aromatic amines is 1. The Morgan fingerprint density at radius 1 is 1.37 bits per heavy atom. The van der Waals surface area contributed by atoms with Crippen molar-refractivity contribution in [3.8, 4) is 0 Å². The molecule has 1 aliphatic rings. The highest BCUT2D eigenvalue weighted by atomic mass is 16.1. The van der Waals surface area contributed by atoms with Crippen LogP contribution in [-0.2, 0) is 6.54 Å². The largest absolute Gasteiger partial charge is 0.326 e. The maximum absolute atomic E-state index is 12.6. The molecule has 2 aromatic rings. The summed E-state index contributed by atoms with van der Waals surface area (Å²) in [5.41, 5.74) is 1.97. The molecule has 19 heavy (non-hydrogen) atoms. The smallest absolute Gasteiger partial charge is 0.306 e. The third-order valence-corrected chi connectivity index (χ3v) is 3.55. The number of hydrogen-bond acceptors (Lipinski definition) is 3. The Kier molecular flexibility index (Phi) is 2.78. The second-order valence-corrected chi connectivity index (χ2v) is 5.31. The van der Waals surface area contributed by atoms with Crippen molar-refractivity contribution in [3.63, 3.8) is 0 Å². The number of hydrogen-bond donors (Lipinski definition) is 2. The van der Waals surface area contributed by atoms with Crippen molar-refractivity contribution in [2.24, 2.45) is 0 Å². The minimum atomic E-state index is -0.218. The molecule has 0 saturated heterocycles. The van der Waals surface area contributed by atoms with Gasteiger partial charge in [0.15, 0.2) is 5.78 Å². The standard InChI is InChI=1S/C14H17N3O2/c1-8(2)15-11-6-7-17-12-9(13(11)18)4-3-5-10(12)16-14(17)19/h3-5,8,11,15H,6-7H2,1-2H3,(H,16,19). The number of carbonyl (C=O) groups excluding carboxylic acids is 1. The van der Waals surface area contributed by atoms with Gasteiger partial charge in [0, 0.05) is 18.2 Å². The van der Waals surface area contributed by atoms with E-state index in [-0.39, 0.29) is 23.6 Å². The quantitative estimate of drug-likeness (QED) is 0.853. The first kappa shape index (κ1) is 12.2. The molecule has 0 amide bonds. The van der Waals surface area contributed by atoms with Crippen molar-refractivity contribution in [2.75, 3.05) is 0 Å². The molecule has 0 aliphatic carbocycles. The van der Waals surface area contributed by atoms with Crippen LogP contribution < -0.4 is 11.0 Å². The lowest BCUT2D eigenvalue weighted by atomic mass is 10.0. The molecule has 5 heteroatoms. The molecular formula is C14H17N3O2. The topological polar surface area (TPSA) is 66.9 Å². The molecule has 2 N–H and O–H groups in total. The third kappa shape index (κ3) is 1.90. The average molecular weight is 259 g/mol. The summed E-state index contributed by atoms with van der Waals surface area (Å²) >= 11 is 0. The van der Waals surface area contributed by atoms with Gasteiger partial charge in [-0.3, -0.25) is 9.36 Å². The molecule has 1 atom stereocenters. The van der Waals surface area contributed by atoms with E-state index in [9.17, 15) is 9.59 Å². The van der Waals surface area contributed by atoms with Gasteiger partial charge in [0.1, 0.15) is 0 Å². The van der Waals surface area contributed by atoms with Gasteiger partial charge in [-0.2, -0.15) is 0 Å². The second-order valence-electron chi connectivity index (χ2n) is 5.31. The van der Waals surface area contributed by atoms with Crippen LogP contribution in [0.25, 0.3) is 11.0 Å². The molecule has 0 fully saturated rings. The summed E-state index contributed by atoms with van der Waals surface area (Å²) in [5, 5.41) is 3.28.